The lowest BCUT2D eigenvalue weighted by molar-refractivity contribution is -0.114. The van der Waals surface area contributed by atoms with Gasteiger partial charge in [0.2, 0.25) is 15.9 Å². The SMILES string of the molecule is Cc1cccc(NS(=O)(=O)c2ccc(NC(=O)CN(c3cccc4ccccc34)S(C)(=O)=O)cc2)c1. The average molecular weight is 524 g/mol. The first kappa shape index (κ1) is 25.2. The molecular weight excluding hydrogens is 498 g/mol. The van der Waals surface area contributed by atoms with Gasteiger partial charge in [0.1, 0.15) is 6.54 Å². The number of rotatable bonds is 8. The molecule has 4 aromatic rings. The molecule has 4 aromatic carbocycles. The molecule has 0 aliphatic carbocycles. The average Bonchev–Trinajstić information content (AvgIpc) is 2.82. The van der Waals surface area contributed by atoms with Gasteiger partial charge in [-0.3, -0.25) is 13.8 Å². The van der Waals surface area contributed by atoms with Gasteiger partial charge in [-0.2, -0.15) is 0 Å². The number of nitrogens with zero attached hydrogens (tertiary/aromatic N) is 1. The highest BCUT2D eigenvalue weighted by molar-refractivity contribution is 7.92. The van der Waals surface area contributed by atoms with Crippen LogP contribution in [0.1, 0.15) is 5.56 Å². The Kier molecular flexibility index (Phi) is 7.00. The molecule has 0 heterocycles. The standard InChI is InChI=1S/C26H25N3O5S2/c1-19-7-5-10-22(17-19)28-36(33,34)23-15-13-21(14-16-23)27-26(30)18-29(35(2,31)32)25-12-6-9-20-8-3-4-11-24(20)25/h3-17,28H,18H2,1-2H3,(H,27,30). The molecule has 36 heavy (non-hydrogen) atoms. The van der Waals surface area contributed by atoms with Gasteiger partial charge in [0, 0.05) is 16.8 Å². The van der Waals surface area contributed by atoms with Gasteiger partial charge in [-0.15, -0.1) is 0 Å². The molecule has 8 nitrogen and oxygen atoms in total. The van der Waals surface area contributed by atoms with E-state index in [4.69, 9.17) is 0 Å². The number of sulfonamides is 2. The van der Waals surface area contributed by atoms with Crippen molar-refractivity contribution >= 4 is 53.8 Å². The Bertz CT molecular complexity index is 1630. The molecule has 0 unspecified atom stereocenters. The molecule has 0 aliphatic heterocycles. The molecular formula is C26H25N3O5S2. The van der Waals surface area contributed by atoms with Crippen LogP contribution in [-0.2, 0) is 24.8 Å². The first-order chi connectivity index (χ1) is 17.0. The summed E-state index contributed by atoms with van der Waals surface area (Å²) in [5.41, 5.74) is 2.09. The highest BCUT2D eigenvalue weighted by Crippen LogP contribution is 2.28. The van der Waals surface area contributed by atoms with E-state index < -0.39 is 32.5 Å². The van der Waals surface area contributed by atoms with Crippen LogP contribution in [0.3, 0.4) is 0 Å². The fourth-order valence-corrected chi connectivity index (χ4v) is 5.70. The normalized spacial score (nSPS) is 11.7. The molecule has 0 aromatic heterocycles. The fourth-order valence-electron chi connectivity index (χ4n) is 3.78. The number of hydrogen-bond acceptors (Lipinski definition) is 5. The Hall–Kier alpha value is -3.89. The van der Waals surface area contributed by atoms with Gasteiger partial charge in [-0.05, 0) is 60.3 Å². The van der Waals surface area contributed by atoms with Crippen molar-refractivity contribution in [2.24, 2.45) is 0 Å². The monoisotopic (exact) mass is 523 g/mol. The zero-order valence-electron chi connectivity index (χ0n) is 19.7. The molecule has 4 rings (SSSR count). The van der Waals surface area contributed by atoms with E-state index in [1.807, 2.05) is 31.2 Å². The lowest BCUT2D eigenvalue weighted by Gasteiger charge is -2.23. The Morgan fingerprint density at radius 3 is 2.17 bits per heavy atom. The predicted molar refractivity (Wildman–Crippen MR) is 143 cm³/mol. The van der Waals surface area contributed by atoms with Crippen LogP contribution in [0.4, 0.5) is 17.1 Å². The van der Waals surface area contributed by atoms with Crippen LogP contribution in [0.2, 0.25) is 0 Å². The summed E-state index contributed by atoms with van der Waals surface area (Å²) < 4.78 is 54.1. The minimum atomic E-state index is -3.82. The molecule has 0 saturated carbocycles. The number of hydrogen-bond donors (Lipinski definition) is 2. The number of carbonyl (C=O) groups is 1. The zero-order valence-corrected chi connectivity index (χ0v) is 21.3. The molecule has 0 atom stereocenters. The van der Waals surface area contributed by atoms with E-state index in [1.54, 1.807) is 42.5 Å². The molecule has 10 heteroatoms. The molecule has 2 N–H and O–H groups in total. The second kappa shape index (κ2) is 10.00. The first-order valence-electron chi connectivity index (χ1n) is 11.0. The molecule has 0 radical (unpaired) electrons. The van der Waals surface area contributed by atoms with Crippen molar-refractivity contribution in [1.29, 1.82) is 0 Å². The third-order valence-corrected chi connectivity index (χ3v) is 7.97. The van der Waals surface area contributed by atoms with Crippen LogP contribution in [0, 0.1) is 6.92 Å². The Morgan fingerprint density at radius 2 is 1.47 bits per heavy atom. The van der Waals surface area contributed by atoms with Crippen molar-refractivity contribution in [3.05, 3.63) is 96.6 Å². The van der Waals surface area contributed by atoms with Crippen LogP contribution >= 0.6 is 0 Å². The van der Waals surface area contributed by atoms with Crippen molar-refractivity contribution in [2.75, 3.05) is 27.1 Å². The van der Waals surface area contributed by atoms with Crippen molar-refractivity contribution in [3.8, 4) is 0 Å². The van der Waals surface area contributed by atoms with Crippen LogP contribution in [0.25, 0.3) is 10.8 Å². The molecule has 0 spiro atoms. The summed E-state index contributed by atoms with van der Waals surface area (Å²) in [6.45, 7) is 1.42. The molecule has 0 saturated heterocycles. The van der Waals surface area contributed by atoms with E-state index in [0.717, 1.165) is 21.5 Å². The highest BCUT2D eigenvalue weighted by atomic mass is 32.2. The topological polar surface area (TPSA) is 113 Å². The number of carbonyl (C=O) groups excluding carboxylic acids is 1. The smallest absolute Gasteiger partial charge is 0.261 e. The van der Waals surface area contributed by atoms with Crippen molar-refractivity contribution < 1.29 is 21.6 Å². The van der Waals surface area contributed by atoms with Crippen molar-refractivity contribution in [2.45, 2.75) is 11.8 Å². The minimum Gasteiger partial charge on any atom is -0.325 e. The van der Waals surface area contributed by atoms with E-state index in [-0.39, 0.29) is 4.90 Å². The number of fused-ring (bicyclic) bond motifs is 1. The minimum absolute atomic E-state index is 0.0236. The summed E-state index contributed by atoms with van der Waals surface area (Å²) in [4.78, 5) is 12.8. The number of anilines is 3. The maximum atomic E-state index is 12.8. The molecule has 186 valence electrons. The lowest BCUT2D eigenvalue weighted by Crippen LogP contribution is -2.37. The Labute approximate surface area is 210 Å². The van der Waals surface area contributed by atoms with Gasteiger partial charge >= 0.3 is 0 Å². The fraction of sp³-hybridized carbons (Fsp3) is 0.115. The summed E-state index contributed by atoms with van der Waals surface area (Å²) in [5, 5.41) is 4.19. The van der Waals surface area contributed by atoms with E-state index in [2.05, 4.69) is 10.0 Å². The van der Waals surface area contributed by atoms with Gasteiger partial charge in [0.25, 0.3) is 10.0 Å². The lowest BCUT2D eigenvalue weighted by atomic mass is 10.1. The van der Waals surface area contributed by atoms with Crippen molar-refractivity contribution in [3.63, 3.8) is 0 Å². The third kappa shape index (κ3) is 5.84. The van der Waals surface area contributed by atoms with E-state index in [9.17, 15) is 21.6 Å². The summed E-state index contributed by atoms with van der Waals surface area (Å²) in [5.74, 6) is -0.568. The number of nitrogens with one attached hydrogen (secondary N) is 2. The molecule has 0 bridgehead atoms. The van der Waals surface area contributed by atoms with Crippen molar-refractivity contribution in [1.82, 2.24) is 0 Å². The first-order valence-corrected chi connectivity index (χ1v) is 14.3. The van der Waals surface area contributed by atoms with Gasteiger partial charge in [0.15, 0.2) is 0 Å². The Balaban J connectivity index is 1.50. The molecule has 0 aliphatic rings. The van der Waals surface area contributed by atoms with Crippen LogP contribution in [-0.4, -0.2) is 35.5 Å². The van der Waals surface area contributed by atoms with Gasteiger partial charge in [-0.25, -0.2) is 16.8 Å². The van der Waals surface area contributed by atoms with Crippen LogP contribution in [0.15, 0.2) is 95.9 Å². The molecule has 0 fully saturated rings. The van der Waals surface area contributed by atoms with E-state index in [0.29, 0.717) is 22.4 Å². The van der Waals surface area contributed by atoms with Gasteiger partial charge in [-0.1, -0.05) is 48.5 Å². The summed E-state index contributed by atoms with van der Waals surface area (Å²) >= 11 is 0. The summed E-state index contributed by atoms with van der Waals surface area (Å²) in [7, 11) is -7.59. The van der Waals surface area contributed by atoms with Crippen LogP contribution < -0.4 is 14.3 Å². The van der Waals surface area contributed by atoms with E-state index in [1.165, 1.54) is 24.3 Å². The second-order valence-corrected chi connectivity index (χ2v) is 11.9. The van der Waals surface area contributed by atoms with Crippen LogP contribution in [0.5, 0.6) is 0 Å². The highest BCUT2D eigenvalue weighted by Gasteiger charge is 2.23. The second-order valence-electron chi connectivity index (χ2n) is 8.32. The number of aryl methyl sites for hydroxylation is 1. The predicted octanol–water partition coefficient (Wildman–Crippen LogP) is 4.35. The van der Waals surface area contributed by atoms with E-state index >= 15 is 0 Å². The maximum Gasteiger partial charge on any atom is 0.261 e. The quantitative estimate of drug-likeness (QED) is 0.357. The number of amides is 1. The summed E-state index contributed by atoms with van der Waals surface area (Å²) in [6, 6.07) is 25.2. The largest absolute Gasteiger partial charge is 0.325 e. The maximum absolute atomic E-state index is 12.8. The molecule has 1 amide bonds. The third-order valence-electron chi connectivity index (χ3n) is 5.44. The van der Waals surface area contributed by atoms with Gasteiger partial charge < -0.3 is 5.32 Å². The zero-order chi connectivity index (χ0) is 25.9. The number of benzene rings is 4. The summed E-state index contributed by atoms with van der Waals surface area (Å²) in [6.07, 6.45) is 1.04. The van der Waals surface area contributed by atoms with Gasteiger partial charge in [0.05, 0.1) is 16.8 Å². The Morgan fingerprint density at radius 1 is 0.806 bits per heavy atom.